The Balaban J connectivity index is 1.62. The van der Waals surface area contributed by atoms with Gasteiger partial charge in [0.1, 0.15) is 11.6 Å². The topological polar surface area (TPSA) is 77.1 Å². The van der Waals surface area contributed by atoms with Crippen molar-refractivity contribution in [1.29, 1.82) is 0 Å². The molecule has 3 aromatic rings. The molecule has 0 radical (unpaired) electrons. The predicted octanol–water partition coefficient (Wildman–Crippen LogP) is 4.21. The molecule has 1 aromatic heterocycles. The van der Waals surface area contributed by atoms with E-state index in [-0.39, 0.29) is 22.7 Å². The number of nitrogens with zero attached hydrogens (tertiary/aromatic N) is 1. The quantitative estimate of drug-likeness (QED) is 0.587. The Morgan fingerprint density at radius 1 is 1.03 bits per heavy atom. The third kappa shape index (κ3) is 4.75. The summed E-state index contributed by atoms with van der Waals surface area (Å²) in [7, 11) is 0. The van der Waals surface area contributed by atoms with Crippen LogP contribution in [-0.2, 0) is 6.54 Å². The maximum atomic E-state index is 13.2. The van der Waals surface area contributed by atoms with Gasteiger partial charge in [-0.1, -0.05) is 31.4 Å². The first-order valence-electron chi connectivity index (χ1n) is 10.7. The molecule has 0 aliphatic heterocycles. The monoisotopic (exact) mass is 419 g/mol. The van der Waals surface area contributed by atoms with Crippen molar-refractivity contribution in [3.63, 3.8) is 0 Å². The van der Waals surface area contributed by atoms with Crippen LogP contribution in [0.5, 0.6) is 0 Å². The number of anilines is 1. The van der Waals surface area contributed by atoms with Crippen LogP contribution in [0, 0.1) is 5.82 Å². The highest BCUT2D eigenvalue weighted by molar-refractivity contribution is 6.11. The van der Waals surface area contributed by atoms with E-state index < -0.39 is 5.82 Å². The molecule has 3 N–H and O–H groups in total. The molecule has 160 valence electrons. The van der Waals surface area contributed by atoms with Crippen LogP contribution in [0.15, 0.2) is 65.5 Å². The standard InChI is InChI=1S/C25H26FN3O2/c26-19-11-9-18(10-12-19)24(31)22-13-14-23(30)29(25(22)27)21-8-4-5-17(15-21)16-28-20-6-2-1-3-7-20/h4-5,8-15,20,28H,1-3,6-7,16,27H2. The minimum atomic E-state index is -0.423. The van der Waals surface area contributed by atoms with Crippen LogP contribution in [0.3, 0.4) is 0 Å². The van der Waals surface area contributed by atoms with Gasteiger partial charge in [0.05, 0.1) is 11.3 Å². The zero-order chi connectivity index (χ0) is 21.8. The van der Waals surface area contributed by atoms with Crippen LogP contribution in [0.2, 0.25) is 0 Å². The lowest BCUT2D eigenvalue weighted by Crippen LogP contribution is -2.30. The van der Waals surface area contributed by atoms with Crippen LogP contribution < -0.4 is 16.6 Å². The van der Waals surface area contributed by atoms with Crippen molar-refractivity contribution >= 4 is 11.6 Å². The summed E-state index contributed by atoms with van der Waals surface area (Å²) in [5, 5.41) is 3.60. The van der Waals surface area contributed by atoms with E-state index in [0.717, 1.165) is 5.56 Å². The minimum Gasteiger partial charge on any atom is -0.384 e. The second kappa shape index (κ2) is 9.27. The Labute approximate surface area is 180 Å². The maximum absolute atomic E-state index is 13.2. The fraction of sp³-hybridized carbons (Fsp3) is 0.280. The fourth-order valence-corrected chi connectivity index (χ4v) is 4.14. The molecule has 0 saturated heterocycles. The number of carbonyl (C=O) groups excluding carboxylic acids is 1. The van der Waals surface area contributed by atoms with Gasteiger partial charge in [0.15, 0.2) is 5.78 Å². The summed E-state index contributed by atoms with van der Waals surface area (Å²) in [6, 6.07) is 16.2. The van der Waals surface area contributed by atoms with Gasteiger partial charge in [-0.05, 0) is 60.9 Å². The summed E-state index contributed by atoms with van der Waals surface area (Å²) >= 11 is 0. The molecule has 6 heteroatoms. The zero-order valence-electron chi connectivity index (χ0n) is 17.3. The van der Waals surface area contributed by atoms with E-state index >= 15 is 0 Å². The van der Waals surface area contributed by atoms with Crippen molar-refractivity contribution in [3.8, 4) is 5.69 Å². The lowest BCUT2D eigenvalue weighted by atomic mass is 9.95. The first-order valence-corrected chi connectivity index (χ1v) is 10.7. The molecule has 1 saturated carbocycles. The Kier molecular flexibility index (Phi) is 6.28. The van der Waals surface area contributed by atoms with Crippen LogP contribution in [0.25, 0.3) is 5.69 Å². The molecule has 0 unspecified atom stereocenters. The molecular formula is C25H26FN3O2. The van der Waals surface area contributed by atoms with Crippen molar-refractivity contribution in [3.05, 3.63) is 93.5 Å². The van der Waals surface area contributed by atoms with Gasteiger partial charge >= 0.3 is 0 Å². The number of pyridine rings is 1. The average Bonchev–Trinajstić information content (AvgIpc) is 2.79. The number of aromatic nitrogens is 1. The molecular weight excluding hydrogens is 393 g/mol. The Bertz CT molecular complexity index is 1130. The molecule has 0 bridgehead atoms. The van der Waals surface area contributed by atoms with Crippen molar-refractivity contribution in [2.24, 2.45) is 0 Å². The van der Waals surface area contributed by atoms with E-state index in [2.05, 4.69) is 5.32 Å². The average molecular weight is 420 g/mol. The summed E-state index contributed by atoms with van der Waals surface area (Å²) < 4.78 is 14.6. The molecule has 31 heavy (non-hydrogen) atoms. The van der Waals surface area contributed by atoms with Gasteiger partial charge in [-0.2, -0.15) is 0 Å². The van der Waals surface area contributed by atoms with Crippen LogP contribution in [0.4, 0.5) is 10.2 Å². The molecule has 1 fully saturated rings. The van der Waals surface area contributed by atoms with Gasteiger partial charge in [0, 0.05) is 24.2 Å². The van der Waals surface area contributed by atoms with Crippen molar-refractivity contribution in [2.75, 3.05) is 5.73 Å². The summed E-state index contributed by atoms with van der Waals surface area (Å²) in [4.78, 5) is 25.5. The Hall–Kier alpha value is -3.25. The van der Waals surface area contributed by atoms with E-state index in [9.17, 15) is 14.0 Å². The summed E-state index contributed by atoms with van der Waals surface area (Å²) in [5.74, 6) is -0.714. The Morgan fingerprint density at radius 3 is 2.52 bits per heavy atom. The number of nitrogens with two attached hydrogens (primary N) is 1. The number of benzene rings is 2. The number of nitrogen functional groups attached to an aromatic ring is 1. The number of hydrogen-bond donors (Lipinski definition) is 2. The molecule has 0 amide bonds. The zero-order valence-corrected chi connectivity index (χ0v) is 17.3. The number of carbonyl (C=O) groups is 1. The van der Waals surface area contributed by atoms with E-state index in [1.54, 1.807) is 6.07 Å². The highest BCUT2D eigenvalue weighted by Crippen LogP contribution is 2.21. The summed E-state index contributed by atoms with van der Waals surface area (Å²) in [6.45, 7) is 0.710. The molecule has 1 aliphatic carbocycles. The number of hydrogen-bond acceptors (Lipinski definition) is 4. The van der Waals surface area contributed by atoms with E-state index in [0.29, 0.717) is 23.8 Å². The lowest BCUT2D eigenvalue weighted by Gasteiger charge is -2.23. The van der Waals surface area contributed by atoms with Crippen molar-refractivity contribution in [2.45, 2.75) is 44.7 Å². The van der Waals surface area contributed by atoms with E-state index in [4.69, 9.17) is 5.73 Å². The van der Waals surface area contributed by atoms with E-state index in [1.807, 2.05) is 18.2 Å². The molecule has 0 spiro atoms. The van der Waals surface area contributed by atoms with Crippen molar-refractivity contribution in [1.82, 2.24) is 9.88 Å². The molecule has 5 nitrogen and oxygen atoms in total. The third-order valence-corrected chi connectivity index (χ3v) is 5.85. The highest BCUT2D eigenvalue weighted by Gasteiger charge is 2.17. The van der Waals surface area contributed by atoms with Gasteiger partial charge in [0.25, 0.3) is 5.56 Å². The van der Waals surface area contributed by atoms with Crippen molar-refractivity contribution < 1.29 is 9.18 Å². The summed E-state index contributed by atoms with van der Waals surface area (Å²) in [5.41, 5.74) is 8.13. The van der Waals surface area contributed by atoms with Gasteiger partial charge < -0.3 is 11.1 Å². The minimum absolute atomic E-state index is 0.0687. The second-order valence-electron chi connectivity index (χ2n) is 8.03. The normalized spacial score (nSPS) is 14.5. The predicted molar refractivity (Wildman–Crippen MR) is 120 cm³/mol. The first-order chi connectivity index (χ1) is 15.0. The van der Waals surface area contributed by atoms with E-state index in [1.165, 1.54) is 73.1 Å². The number of halogens is 1. The first kappa shape index (κ1) is 21.0. The maximum Gasteiger partial charge on any atom is 0.256 e. The number of ketones is 1. The second-order valence-corrected chi connectivity index (χ2v) is 8.03. The number of rotatable bonds is 6. The smallest absolute Gasteiger partial charge is 0.256 e. The van der Waals surface area contributed by atoms with Gasteiger partial charge in [0.2, 0.25) is 0 Å². The van der Waals surface area contributed by atoms with Gasteiger partial charge in [-0.3, -0.25) is 14.2 Å². The molecule has 4 rings (SSSR count). The largest absolute Gasteiger partial charge is 0.384 e. The lowest BCUT2D eigenvalue weighted by molar-refractivity contribution is 0.103. The highest BCUT2D eigenvalue weighted by atomic mass is 19.1. The molecule has 0 atom stereocenters. The fourth-order valence-electron chi connectivity index (χ4n) is 4.14. The van der Waals surface area contributed by atoms with Crippen LogP contribution in [-0.4, -0.2) is 16.4 Å². The SMILES string of the molecule is Nc1c(C(=O)c2ccc(F)cc2)ccc(=O)n1-c1cccc(CNC2CCCCC2)c1. The van der Waals surface area contributed by atoms with Crippen LogP contribution in [0.1, 0.15) is 53.6 Å². The third-order valence-electron chi connectivity index (χ3n) is 5.85. The molecule has 2 aromatic carbocycles. The number of nitrogens with one attached hydrogen (secondary N) is 1. The Morgan fingerprint density at radius 2 is 1.77 bits per heavy atom. The van der Waals surface area contributed by atoms with Crippen LogP contribution >= 0.6 is 0 Å². The molecule has 1 heterocycles. The van der Waals surface area contributed by atoms with Gasteiger partial charge in [-0.25, -0.2) is 4.39 Å². The summed E-state index contributed by atoms with van der Waals surface area (Å²) in [6.07, 6.45) is 6.22. The van der Waals surface area contributed by atoms with Gasteiger partial charge in [-0.15, -0.1) is 0 Å². The molecule has 1 aliphatic rings.